The fourth-order valence-corrected chi connectivity index (χ4v) is 4.43. The topological polar surface area (TPSA) is 49.8 Å². The van der Waals surface area contributed by atoms with E-state index in [9.17, 15) is 9.90 Å². The van der Waals surface area contributed by atoms with Crippen molar-refractivity contribution in [2.24, 2.45) is 5.92 Å². The molecule has 0 aromatic heterocycles. The van der Waals surface area contributed by atoms with Crippen molar-refractivity contribution in [2.75, 3.05) is 13.2 Å². The van der Waals surface area contributed by atoms with Crippen molar-refractivity contribution < 1.29 is 14.6 Å². The average Bonchev–Trinajstić information content (AvgIpc) is 2.46. The Hall–Kier alpha value is -0.610. The zero-order valence-corrected chi connectivity index (χ0v) is 11.6. The standard InChI is InChI=1S/C15H25NO3/c17-15(18)14-6-5-11-3-1-2-4-13(11)16(14)12-7-9-19-10-8-12/h11-14H,1-10H2,(H,17,18). The first-order valence-electron chi connectivity index (χ1n) is 7.85. The molecular formula is C15H25NO3. The second kappa shape index (κ2) is 5.80. The fourth-order valence-electron chi connectivity index (χ4n) is 4.43. The van der Waals surface area contributed by atoms with Gasteiger partial charge >= 0.3 is 5.97 Å². The second-order valence-electron chi connectivity index (χ2n) is 6.33. The molecule has 1 N–H and O–H groups in total. The lowest BCUT2D eigenvalue weighted by Gasteiger charge is -2.51. The van der Waals surface area contributed by atoms with Crippen LogP contribution < -0.4 is 0 Å². The maximum Gasteiger partial charge on any atom is 0.320 e. The Morgan fingerprint density at radius 2 is 1.74 bits per heavy atom. The van der Waals surface area contributed by atoms with Crippen LogP contribution in [0.3, 0.4) is 0 Å². The Bertz CT molecular complexity index is 327. The summed E-state index contributed by atoms with van der Waals surface area (Å²) in [6.07, 6.45) is 9.07. The highest BCUT2D eigenvalue weighted by molar-refractivity contribution is 5.73. The van der Waals surface area contributed by atoms with Gasteiger partial charge in [-0.25, -0.2) is 0 Å². The average molecular weight is 267 g/mol. The molecule has 1 saturated carbocycles. The molecule has 2 saturated heterocycles. The molecule has 3 atom stereocenters. The molecule has 2 aliphatic heterocycles. The SMILES string of the molecule is O=C(O)C1CCC2CCCCC2N1C1CCOCC1. The third-order valence-corrected chi connectivity index (χ3v) is 5.32. The van der Waals surface area contributed by atoms with E-state index in [1.807, 2.05) is 0 Å². The van der Waals surface area contributed by atoms with Gasteiger partial charge in [0, 0.05) is 25.3 Å². The summed E-state index contributed by atoms with van der Waals surface area (Å²) < 4.78 is 5.45. The van der Waals surface area contributed by atoms with E-state index in [2.05, 4.69) is 4.90 Å². The molecule has 19 heavy (non-hydrogen) atoms. The minimum atomic E-state index is -0.615. The van der Waals surface area contributed by atoms with Gasteiger partial charge in [0.25, 0.3) is 0 Å². The highest BCUT2D eigenvalue weighted by Crippen LogP contribution is 2.40. The van der Waals surface area contributed by atoms with Crippen LogP contribution in [-0.4, -0.2) is 47.3 Å². The van der Waals surface area contributed by atoms with Crippen LogP contribution >= 0.6 is 0 Å². The molecule has 3 fully saturated rings. The van der Waals surface area contributed by atoms with Gasteiger partial charge in [-0.3, -0.25) is 9.69 Å². The number of rotatable bonds is 2. The minimum absolute atomic E-state index is 0.248. The van der Waals surface area contributed by atoms with Crippen LogP contribution in [0.5, 0.6) is 0 Å². The summed E-state index contributed by atoms with van der Waals surface area (Å²) >= 11 is 0. The molecule has 3 aliphatic rings. The van der Waals surface area contributed by atoms with Crippen LogP contribution in [0.2, 0.25) is 0 Å². The quantitative estimate of drug-likeness (QED) is 0.834. The molecular weight excluding hydrogens is 242 g/mol. The van der Waals surface area contributed by atoms with Crippen molar-refractivity contribution in [1.82, 2.24) is 4.90 Å². The number of carboxylic acid groups (broad SMARTS) is 1. The van der Waals surface area contributed by atoms with Crippen molar-refractivity contribution >= 4 is 5.97 Å². The number of piperidine rings is 1. The van der Waals surface area contributed by atoms with Gasteiger partial charge in [0.15, 0.2) is 0 Å². The van der Waals surface area contributed by atoms with Gasteiger partial charge in [0.2, 0.25) is 0 Å². The number of hydrogen-bond acceptors (Lipinski definition) is 3. The molecule has 1 aliphatic carbocycles. The number of aliphatic carboxylic acids is 1. The van der Waals surface area contributed by atoms with E-state index >= 15 is 0 Å². The number of carbonyl (C=O) groups is 1. The van der Waals surface area contributed by atoms with Gasteiger partial charge < -0.3 is 9.84 Å². The van der Waals surface area contributed by atoms with Crippen molar-refractivity contribution in [1.29, 1.82) is 0 Å². The molecule has 0 amide bonds. The van der Waals surface area contributed by atoms with Crippen molar-refractivity contribution in [2.45, 2.75) is 69.5 Å². The number of ether oxygens (including phenoxy) is 1. The Labute approximate surface area is 115 Å². The van der Waals surface area contributed by atoms with Gasteiger partial charge in [0.1, 0.15) is 6.04 Å². The summed E-state index contributed by atoms with van der Waals surface area (Å²) in [5, 5.41) is 9.56. The normalized spacial score (nSPS) is 37.8. The largest absolute Gasteiger partial charge is 0.480 e. The summed E-state index contributed by atoms with van der Waals surface area (Å²) in [5.74, 6) is 0.128. The highest BCUT2D eigenvalue weighted by Gasteiger charge is 2.44. The highest BCUT2D eigenvalue weighted by atomic mass is 16.5. The van der Waals surface area contributed by atoms with Crippen LogP contribution in [0.4, 0.5) is 0 Å². The predicted octanol–water partition coefficient (Wildman–Crippen LogP) is 2.27. The zero-order valence-electron chi connectivity index (χ0n) is 11.6. The van der Waals surface area contributed by atoms with Gasteiger partial charge in [-0.15, -0.1) is 0 Å². The molecule has 0 bridgehead atoms. The lowest BCUT2D eigenvalue weighted by atomic mass is 9.75. The first kappa shape index (κ1) is 13.4. The van der Waals surface area contributed by atoms with Crippen molar-refractivity contribution in [3.63, 3.8) is 0 Å². The lowest BCUT2D eigenvalue weighted by Crippen LogP contribution is -2.59. The van der Waals surface area contributed by atoms with Crippen molar-refractivity contribution in [3.8, 4) is 0 Å². The fraction of sp³-hybridized carbons (Fsp3) is 0.933. The first-order valence-corrected chi connectivity index (χ1v) is 7.85. The number of hydrogen-bond donors (Lipinski definition) is 1. The predicted molar refractivity (Wildman–Crippen MR) is 72.1 cm³/mol. The van der Waals surface area contributed by atoms with Gasteiger partial charge in [0.05, 0.1) is 0 Å². The zero-order chi connectivity index (χ0) is 13.2. The Morgan fingerprint density at radius 3 is 2.47 bits per heavy atom. The molecule has 4 heteroatoms. The number of carboxylic acids is 1. The molecule has 3 unspecified atom stereocenters. The van der Waals surface area contributed by atoms with E-state index in [0.29, 0.717) is 12.1 Å². The maximum absolute atomic E-state index is 11.6. The van der Waals surface area contributed by atoms with E-state index < -0.39 is 5.97 Å². The van der Waals surface area contributed by atoms with E-state index in [0.717, 1.165) is 44.8 Å². The molecule has 108 valence electrons. The second-order valence-corrected chi connectivity index (χ2v) is 6.33. The molecule has 4 nitrogen and oxygen atoms in total. The van der Waals surface area contributed by atoms with E-state index in [1.165, 1.54) is 25.7 Å². The third-order valence-electron chi connectivity index (χ3n) is 5.32. The molecule has 0 radical (unpaired) electrons. The molecule has 0 spiro atoms. The molecule has 3 rings (SSSR count). The van der Waals surface area contributed by atoms with Crippen LogP contribution in [0.1, 0.15) is 51.4 Å². The minimum Gasteiger partial charge on any atom is -0.480 e. The molecule has 0 aromatic rings. The maximum atomic E-state index is 11.6. The van der Waals surface area contributed by atoms with E-state index in [-0.39, 0.29) is 6.04 Å². The van der Waals surface area contributed by atoms with Gasteiger partial charge in [-0.2, -0.15) is 0 Å². The molecule has 2 heterocycles. The van der Waals surface area contributed by atoms with Gasteiger partial charge in [-0.05, 0) is 44.4 Å². The Balaban J connectivity index is 1.80. The van der Waals surface area contributed by atoms with Crippen molar-refractivity contribution in [3.05, 3.63) is 0 Å². The van der Waals surface area contributed by atoms with E-state index in [1.54, 1.807) is 0 Å². The number of likely N-dealkylation sites (tertiary alicyclic amines) is 1. The summed E-state index contributed by atoms with van der Waals surface area (Å²) in [6, 6.07) is 0.704. The Kier molecular flexibility index (Phi) is 4.08. The first-order chi connectivity index (χ1) is 9.27. The number of fused-ring (bicyclic) bond motifs is 1. The summed E-state index contributed by atoms with van der Waals surface area (Å²) in [6.45, 7) is 1.59. The summed E-state index contributed by atoms with van der Waals surface area (Å²) in [5.41, 5.74) is 0. The monoisotopic (exact) mass is 267 g/mol. The summed E-state index contributed by atoms with van der Waals surface area (Å²) in [4.78, 5) is 14.0. The number of nitrogens with zero attached hydrogens (tertiary/aromatic N) is 1. The summed E-state index contributed by atoms with van der Waals surface area (Å²) in [7, 11) is 0. The Morgan fingerprint density at radius 1 is 1.00 bits per heavy atom. The van der Waals surface area contributed by atoms with Crippen LogP contribution in [0.25, 0.3) is 0 Å². The van der Waals surface area contributed by atoms with Gasteiger partial charge in [-0.1, -0.05) is 12.8 Å². The van der Waals surface area contributed by atoms with Crippen LogP contribution in [0.15, 0.2) is 0 Å². The third kappa shape index (κ3) is 2.65. The lowest BCUT2D eigenvalue weighted by molar-refractivity contribution is -0.152. The van der Waals surface area contributed by atoms with E-state index in [4.69, 9.17) is 4.74 Å². The smallest absolute Gasteiger partial charge is 0.320 e. The van der Waals surface area contributed by atoms with Crippen LogP contribution in [0, 0.1) is 5.92 Å². The van der Waals surface area contributed by atoms with Crippen LogP contribution in [-0.2, 0) is 9.53 Å². The molecule has 0 aromatic carbocycles.